The minimum absolute atomic E-state index is 0. The molecule has 0 saturated heterocycles. The standard InChI is InChI=1S/C20H34N4O3S.HI/c1-16(18-7-9-19(27-3)10-8-18)11-12-22-20(21-2)23-13-14-28(25,26)24-15-17-5-4-6-17;/h7-10,16-17,24H,4-6,11-15H2,1-3H3,(H2,21,22,23);1H. The third-order valence-corrected chi connectivity index (χ3v) is 6.61. The average molecular weight is 538 g/mol. The molecule has 0 heterocycles. The fraction of sp³-hybridized carbons (Fsp3) is 0.650. The van der Waals surface area contributed by atoms with Crippen molar-refractivity contribution in [1.29, 1.82) is 0 Å². The van der Waals surface area contributed by atoms with Crippen molar-refractivity contribution in [3.63, 3.8) is 0 Å². The third-order valence-electron chi connectivity index (χ3n) is 5.26. The maximum atomic E-state index is 12.0. The van der Waals surface area contributed by atoms with Crippen LogP contribution in [0.25, 0.3) is 0 Å². The van der Waals surface area contributed by atoms with Gasteiger partial charge in [-0.3, -0.25) is 4.99 Å². The van der Waals surface area contributed by atoms with E-state index in [9.17, 15) is 8.42 Å². The van der Waals surface area contributed by atoms with Gasteiger partial charge in [-0.25, -0.2) is 13.1 Å². The van der Waals surface area contributed by atoms with Crippen LogP contribution in [0.3, 0.4) is 0 Å². The topological polar surface area (TPSA) is 91.8 Å². The Morgan fingerprint density at radius 3 is 2.41 bits per heavy atom. The quantitative estimate of drug-likeness (QED) is 0.229. The summed E-state index contributed by atoms with van der Waals surface area (Å²) in [6.07, 6.45) is 4.42. The lowest BCUT2D eigenvalue weighted by Crippen LogP contribution is -2.42. The first kappa shape index (κ1) is 26.0. The van der Waals surface area contributed by atoms with Gasteiger partial charge in [-0.15, -0.1) is 24.0 Å². The summed E-state index contributed by atoms with van der Waals surface area (Å²) in [5.74, 6) is 2.44. The van der Waals surface area contributed by atoms with Gasteiger partial charge < -0.3 is 15.4 Å². The summed E-state index contributed by atoms with van der Waals surface area (Å²) in [6, 6.07) is 8.11. The van der Waals surface area contributed by atoms with Gasteiger partial charge in [0.15, 0.2) is 5.96 Å². The van der Waals surface area contributed by atoms with E-state index in [2.05, 4.69) is 39.4 Å². The number of guanidine groups is 1. The number of methoxy groups -OCH3 is 1. The Hall–Kier alpha value is -1.07. The second-order valence-electron chi connectivity index (χ2n) is 7.35. The lowest BCUT2D eigenvalue weighted by molar-refractivity contribution is 0.316. The fourth-order valence-electron chi connectivity index (χ4n) is 3.04. The summed E-state index contributed by atoms with van der Waals surface area (Å²) in [5, 5.41) is 6.32. The first-order chi connectivity index (χ1) is 13.4. The molecular formula is C20H35IN4O3S. The van der Waals surface area contributed by atoms with Crippen molar-refractivity contribution >= 4 is 40.0 Å². The Balaban J connectivity index is 0.00000420. The molecular weight excluding hydrogens is 503 g/mol. The van der Waals surface area contributed by atoms with E-state index in [0.717, 1.165) is 31.6 Å². The zero-order valence-electron chi connectivity index (χ0n) is 17.6. The van der Waals surface area contributed by atoms with Crippen LogP contribution in [-0.2, 0) is 10.0 Å². The number of benzene rings is 1. The lowest BCUT2D eigenvalue weighted by atomic mass is 9.86. The highest BCUT2D eigenvalue weighted by molar-refractivity contribution is 14.0. The normalized spacial score (nSPS) is 15.8. The molecule has 1 aliphatic carbocycles. The highest BCUT2D eigenvalue weighted by Gasteiger charge is 2.20. The van der Waals surface area contributed by atoms with Crippen molar-refractivity contribution in [3.05, 3.63) is 29.8 Å². The van der Waals surface area contributed by atoms with Crippen LogP contribution in [0.2, 0.25) is 0 Å². The van der Waals surface area contributed by atoms with Crippen LogP contribution < -0.4 is 20.1 Å². The molecule has 0 spiro atoms. The number of nitrogens with zero attached hydrogens (tertiary/aromatic N) is 1. The van der Waals surface area contributed by atoms with E-state index in [4.69, 9.17) is 4.74 Å². The number of hydrogen-bond acceptors (Lipinski definition) is 4. The predicted molar refractivity (Wildman–Crippen MR) is 130 cm³/mol. The van der Waals surface area contributed by atoms with Gasteiger partial charge in [-0.2, -0.15) is 0 Å². The number of sulfonamides is 1. The SMILES string of the molecule is CN=C(NCCC(C)c1ccc(OC)cc1)NCCS(=O)(=O)NCC1CCC1.I. The van der Waals surface area contributed by atoms with E-state index in [1.807, 2.05) is 12.1 Å². The molecule has 1 saturated carbocycles. The molecule has 0 aliphatic heterocycles. The van der Waals surface area contributed by atoms with Crippen molar-refractivity contribution in [2.75, 3.05) is 39.5 Å². The number of aliphatic imine (C=N–C) groups is 1. The zero-order valence-corrected chi connectivity index (χ0v) is 20.8. The minimum atomic E-state index is -3.24. The monoisotopic (exact) mass is 538 g/mol. The van der Waals surface area contributed by atoms with Crippen LogP contribution in [0.15, 0.2) is 29.3 Å². The highest BCUT2D eigenvalue weighted by Crippen LogP contribution is 2.25. The Morgan fingerprint density at radius 2 is 1.86 bits per heavy atom. The first-order valence-electron chi connectivity index (χ1n) is 9.99. The maximum Gasteiger partial charge on any atom is 0.213 e. The van der Waals surface area contributed by atoms with Gasteiger partial charge in [0, 0.05) is 26.7 Å². The van der Waals surface area contributed by atoms with E-state index in [-0.39, 0.29) is 29.7 Å². The molecule has 7 nitrogen and oxygen atoms in total. The number of rotatable bonds is 11. The number of nitrogens with one attached hydrogen (secondary N) is 3. The predicted octanol–water partition coefficient (Wildman–Crippen LogP) is 2.69. The first-order valence-corrected chi connectivity index (χ1v) is 11.6. The second kappa shape index (κ2) is 13.3. The molecule has 0 radical (unpaired) electrons. The van der Waals surface area contributed by atoms with E-state index in [1.54, 1.807) is 14.2 Å². The van der Waals surface area contributed by atoms with Gasteiger partial charge in [0.2, 0.25) is 10.0 Å². The lowest BCUT2D eigenvalue weighted by Gasteiger charge is -2.25. The summed E-state index contributed by atoms with van der Waals surface area (Å²) < 4.78 is 32.0. The van der Waals surface area contributed by atoms with Gasteiger partial charge in [0.25, 0.3) is 0 Å². The summed E-state index contributed by atoms with van der Waals surface area (Å²) >= 11 is 0. The Labute approximate surface area is 192 Å². The van der Waals surface area contributed by atoms with E-state index in [0.29, 0.717) is 30.9 Å². The highest BCUT2D eigenvalue weighted by atomic mass is 127. The Morgan fingerprint density at radius 1 is 1.21 bits per heavy atom. The minimum Gasteiger partial charge on any atom is -0.497 e. The molecule has 1 atom stereocenters. The smallest absolute Gasteiger partial charge is 0.213 e. The summed E-state index contributed by atoms with van der Waals surface area (Å²) in [7, 11) is 0.111. The second-order valence-corrected chi connectivity index (χ2v) is 9.28. The van der Waals surface area contributed by atoms with Gasteiger partial charge in [-0.05, 0) is 48.8 Å². The molecule has 2 rings (SSSR count). The van der Waals surface area contributed by atoms with Crippen LogP contribution in [-0.4, -0.2) is 53.9 Å². The number of hydrogen-bond donors (Lipinski definition) is 3. The Kier molecular flexibility index (Phi) is 11.9. The van der Waals surface area contributed by atoms with Crippen LogP contribution in [0.4, 0.5) is 0 Å². The maximum absolute atomic E-state index is 12.0. The van der Waals surface area contributed by atoms with E-state index in [1.165, 1.54) is 12.0 Å². The van der Waals surface area contributed by atoms with Crippen molar-refractivity contribution < 1.29 is 13.2 Å². The van der Waals surface area contributed by atoms with Crippen molar-refractivity contribution in [2.45, 2.75) is 38.5 Å². The van der Waals surface area contributed by atoms with Gasteiger partial charge >= 0.3 is 0 Å². The molecule has 1 aromatic carbocycles. The molecule has 0 bridgehead atoms. The third kappa shape index (κ3) is 9.52. The van der Waals surface area contributed by atoms with Crippen molar-refractivity contribution in [2.24, 2.45) is 10.9 Å². The molecule has 9 heteroatoms. The fourth-order valence-corrected chi connectivity index (χ4v) is 4.05. The van der Waals surface area contributed by atoms with Gasteiger partial charge in [0.1, 0.15) is 5.75 Å². The van der Waals surface area contributed by atoms with Gasteiger partial charge in [0.05, 0.1) is 12.9 Å². The van der Waals surface area contributed by atoms with E-state index >= 15 is 0 Å². The van der Waals surface area contributed by atoms with Crippen LogP contribution in [0.1, 0.15) is 44.1 Å². The molecule has 0 aromatic heterocycles. The zero-order chi connectivity index (χ0) is 20.4. The molecule has 3 N–H and O–H groups in total. The van der Waals surface area contributed by atoms with Crippen LogP contribution in [0.5, 0.6) is 5.75 Å². The van der Waals surface area contributed by atoms with Crippen LogP contribution in [0, 0.1) is 5.92 Å². The molecule has 0 amide bonds. The van der Waals surface area contributed by atoms with E-state index < -0.39 is 10.0 Å². The number of ether oxygens (including phenoxy) is 1. The summed E-state index contributed by atoms with van der Waals surface area (Å²) in [4.78, 5) is 4.16. The molecule has 1 aromatic rings. The Bertz CT molecular complexity index is 722. The molecule has 29 heavy (non-hydrogen) atoms. The summed E-state index contributed by atoms with van der Waals surface area (Å²) in [6.45, 7) is 3.83. The molecule has 1 fully saturated rings. The van der Waals surface area contributed by atoms with Crippen LogP contribution >= 0.6 is 24.0 Å². The summed E-state index contributed by atoms with van der Waals surface area (Å²) in [5.41, 5.74) is 1.26. The van der Waals surface area contributed by atoms with Crippen molar-refractivity contribution in [3.8, 4) is 5.75 Å². The average Bonchev–Trinajstić information content (AvgIpc) is 2.65. The van der Waals surface area contributed by atoms with Crippen molar-refractivity contribution in [1.82, 2.24) is 15.4 Å². The molecule has 166 valence electrons. The number of halogens is 1. The van der Waals surface area contributed by atoms with Gasteiger partial charge in [-0.1, -0.05) is 25.5 Å². The molecule has 1 unspecified atom stereocenters. The molecule has 1 aliphatic rings. The largest absolute Gasteiger partial charge is 0.497 e.